The predicted octanol–water partition coefficient (Wildman–Crippen LogP) is 1.87. The molecule has 0 fully saturated rings. The Balaban J connectivity index is 1.97. The van der Waals surface area contributed by atoms with Crippen molar-refractivity contribution in [2.45, 2.75) is 32.4 Å². The minimum absolute atomic E-state index is 0.145. The first-order chi connectivity index (χ1) is 13.8. The van der Waals surface area contributed by atoms with E-state index in [1.54, 1.807) is 31.4 Å². The molecule has 3 N–H and O–H groups in total. The lowest BCUT2D eigenvalue weighted by Gasteiger charge is -2.17. The van der Waals surface area contributed by atoms with Gasteiger partial charge in [0.1, 0.15) is 6.04 Å². The van der Waals surface area contributed by atoms with Gasteiger partial charge in [-0.2, -0.15) is 0 Å². The highest BCUT2D eigenvalue weighted by Crippen LogP contribution is 2.10. The standard InChI is InChI=1S/C20H23N3O5S/c1-13(2)21-20(27)23-17(24)12-28-19(26)15(11-14-7-4-3-5-8-14)22-18(25)16-9-6-10-29-16/h3-10,13,15H,11-12H2,1-2H3,(H,22,25)(H2,21,23,24,27)/t15-/m0/s1. The average Bonchev–Trinajstić information content (AvgIpc) is 3.20. The Labute approximate surface area is 172 Å². The molecule has 1 heterocycles. The second kappa shape index (κ2) is 11.0. The van der Waals surface area contributed by atoms with Gasteiger partial charge in [0.15, 0.2) is 6.61 Å². The summed E-state index contributed by atoms with van der Waals surface area (Å²) >= 11 is 1.25. The highest BCUT2D eigenvalue weighted by Gasteiger charge is 2.24. The first-order valence-corrected chi connectivity index (χ1v) is 9.88. The fourth-order valence-corrected chi connectivity index (χ4v) is 3.01. The molecule has 0 aliphatic heterocycles. The monoisotopic (exact) mass is 417 g/mol. The van der Waals surface area contributed by atoms with Crippen LogP contribution in [0.3, 0.4) is 0 Å². The number of hydrogen-bond donors (Lipinski definition) is 3. The number of urea groups is 1. The van der Waals surface area contributed by atoms with Crippen LogP contribution < -0.4 is 16.0 Å². The largest absolute Gasteiger partial charge is 0.454 e. The van der Waals surface area contributed by atoms with Crippen molar-refractivity contribution in [3.63, 3.8) is 0 Å². The number of carbonyl (C=O) groups is 4. The third-order valence-corrected chi connectivity index (χ3v) is 4.50. The third kappa shape index (κ3) is 7.74. The number of hydrogen-bond acceptors (Lipinski definition) is 6. The molecule has 8 nitrogen and oxygen atoms in total. The minimum Gasteiger partial charge on any atom is -0.454 e. The Bertz CT molecular complexity index is 837. The van der Waals surface area contributed by atoms with Crippen molar-refractivity contribution in [3.8, 4) is 0 Å². The molecule has 0 spiro atoms. The van der Waals surface area contributed by atoms with Crippen LogP contribution in [0.5, 0.6) is 0 Å². The molecule has 2 aromatic rings. The summed E-state index contributed by atoms with van der Waals surface area (Å²) in [6, 6.07) is 10.7. The minimum atomic E-state index is -0.982. The molecule has 154 valence electrons. The van der Waals surface area contributed by atoms with Crippen LogP contribution in [0.25, 0.3) is 0 Å². The summed E-state index contributed by atoms with van der Waals surface area (Å²) in [5, 5.41) is 8.96. The van der Waals surface area contributed by atoms with E-state index < -0.39 is 36.5 Å². The van der Waals surface area contributed by atoms with Gasteiger partial charge < -0.3 is 15.4 Å². The van der Waals surface area contributed by atoms with Crippen LogP contribution in [0.2, 0.25) is 0 Å². The van der Waals surface area contributed by atoms with Crippen molar-refractivity contribution in [1.29, 1.82) is 0 Å². The van der Waals surface area contributed by atoms with E-state index >= 15 is 0 Å². The van der Waals surface area contributed by atoms with Gasteiger partial charge in [-0.25, -0.2) is 9.59 Å². The molecule has 4 amide bonds. The van der Waals surface area contributed by atoms with Crippen molar-refractivity contribution in [1.82, 2.24) is 16.0 Å². The molecule has 29 heavy (non-hydrogen) atoms. The maximum atomic E-state index is 12.5. The Morgan fingerprint density at radius 3 is 2.34 bits per heavy atom. The number of imide groups is 1. The molecule has 0 aliphatic carbocycles. The molecule has 9 heteroatoms. The van der Waals surface area contributed by atoms with Crippen LogP contribution in [0.4, 0.5) is 4.79 Å². The highest BCUT2D eigenvalue weighted by atomic mass is 32.1. The molecule has 0 saturated carbocycles. The quantitative estimate of drug-likeness (QED) is 0.568. The Morgan fingerprint density at radius 2 is 1.72 bits per heavy atom. The SMILES string of the molecule is CC(C)NC(=O)NC(=O)COC(=O)[C@H](Cc1ccccc1)NC(=O)c1cccs1. The average molecular weight is 417 g/mol. The van der Waals surface area contributed by atoms with Gasteiger partial charge in [-0.3, -0.25) is 14.9 Å². The molecule has 1 atom stereocenters. The molecule has 0 unspecified atom stereocenters. The summed E-state index contributed by atoms with van der Waals surface area (Å²) in [6.45, 7) is 2.85. The van der Waals surface area contributed by atoms with E-state index in [0.717, 1.165) is 5.56 Å². The van der Waals surface area contributed by atoms with E-state index in [1.807, 2.05) is 30.3 Å². The number of esters is 1. The molecular formula is C20H23N3O5S. The number of rotatable bonds is 8. The normalized spacial score (nSPS) is 11.4. The van der Waals surface area contributed by atoms with Gasteiger partial charge in [0.05, 0.1) is 4.88 Å². The fraction of sp³-hybridized carbons (Fsp3) is 0.300. The Morgan fingerprint density at radius 1 is 1.00 bits per heavy atom. The first kappa shape index (κ1) is 22.1. The van der Waals surface area contributed by atoms with Gasteiger partial charge in [0.2, 0.25) is 0 Å². The van der Waals surface area contributed by atoms with Crippen LogP contribution in [-0.2, 0) is 20.7 Å². The number of amides is 4. The topological polar surface area (TPSA) is 114 Å². The van der Waals surface area contributed by atoms with Gasteiger partial charge in [-0.15, -0.1) is 11.3 Å². The lowest BCUT2D eigenvalue weighted by Crippen LogP contribution is -2.46. The van der Waals surface area contributed by atoms with Crippen molar-refractivity contribution < 1.29 is 23.9 Å². The molecule has 2 rings (SSSR count). The zero-order chi connectivity index (χ0) is 21.2. The van der Waals surface area contributed by atoms with Crippen molar-refractivity contribution in [2.24, 2.45) is 0 Å². The van der Waals surface area contributed by atoms with E-state index in [9.17, 15) is 19.2 Å². The summed E-state index contributed by atoms with van der Waals surface area (Å²) in [5.74, 6) is -1.93. The lowest BCUT2D eigenvalue weighted by molar-refractivity contribution is -0.150. The summed E-state index contributed by atoms with van der Waals surface area (Å²) in [6.07, 6.45) is 0.201. The molecule has 1 aromatic heterocycles. The zero-order valence-electron chi connectivity index (χ0n) is 16.1. The zero-order valence-corrected chi connectivity index (χ0v) is 17.0. The predicted molar refractivity (Wildman–Crippen MR) is 108 cm³/mol. The van der Waals surface area contributed by atoms with Crippen molar-refractivity contribution in [2.75, 3.05) is 6.61 Å². The third-order valence-electron chi connectivity index (χ3n) is 3.64. The van der Waals surface area contributed by atoms with Crippen LogP contribution in [0, 0.1) is 0 Å². The summed E-state index contributed by atoms with van der Waals surface area (Å²) in [5.41, 5.74) is 0.821. The number of benzene rings is 1. The van der Waals surface area contributed by atoms with Crippen LogP contribution in [0.1, 0.15) is 29.1 Å². The summed E-state index contributed by atoms with van der Waals surface area (Å²) in [4.78, 5) is 48.6. The second-order valence-electron chi connectivity index (χ2n) is 6.48. The highest BCUT2D eigenvalue weighted by molar-refractivity contribution is 7.12. The van der Waals surface area contributed by atoms with Gasteiger partial charge in [0.25, 0.3) is 11.8 Å². The van der Waals surface area contributed by atoms with Crippen molar-refractivity contribution >= 4 is 35.2 Å². The van der Waals surface area contributed by atoms with E-state index in [4.69, 9.17) is 4.74 Å². The number of carbonyl (C=O) groups excluding carboxylic acids is 4. The maximum absolute atomic E-state index is 12.5. The molecule has 0 bridgehead atoms. The second-order valence-corrected chi connectivity index (χ2v) is 7.42. The number of thiophene rings is 1. The Kier molecular flexibility index (Phi) is 8.35. The molecular weight excluding hydrogens is 394 g/mol. The van der Waals surface area contributed by atoms with Crippen molar-refractivity contribution in [3.05, 3.63) is 58.3 Å². The van der Waals surface area contributed by atoms with E-state index in [2.05, 4.69) is 16.0 Å². The Hall–Kier alpha value is -3.20. The maximum Gasteiger partial charge on any atom is 0.329 e. The van der Waals surface area contributed by atoms with E-state index in [1.165, 1.54) is 11.3 Å². The van der Waals surface area contributed by atoms with Crippen LogP contribution in [0.15, 0.2) is 47.8 Å². The molecule has 0 saturated heterocycles. The molecule has 0 radical (unpaired) electrons. The lowest BCUT2D eigenvalue weighted by atomic mass is 10.1. The summed E-state index contributed by atoms with van der Waals surface area (Å²) in [7, 11) is 0. The van der Waals surface area contributed by atoms with Crippen LogP contribution >= 0.6 is 11.3 Å². The van der Waals surface area contributed by atoms with Gasteiger partial charge in [-0.1, -0.05) is 36.4 Å². The molecule has 0 aliphatic rings. The van der Waals surface area contributed by atoms with E-state index in [-0.39, 0.29) is 12.5 Å². The first-order valence-electron chi connectivity index (χ1n) is 9.00. The summed E-state index contributed by atoms with van der Waals surface area (Å²) < 4.78 is 5.02. The smallest absolute Gasteiger partial charge is 0.329 e. The number of nitrogens with one attached hydrogen (secondary N) is 3. The molecule has 1 aromatic carbocycles. The van der Waals surface area contributed by atoms with Gasteiger partial charge in [-0.05, 0) is 30.9 Å². The van der Waals surface area contributed by atoms with Gasteiger partial charge >= 0.3 is 12.0 Å². The van der Waals surface area contributed by atoms with Crippen LogP contribution in [-0.4, -0.2) is 42.5 Å². The van der Waals surface area contributed by atoms with E-state index in [0.29, 0.717) is 4.88 Å². The number of ether oxygens (including phenoxy) is 1. The fourth-order valence-electron chi connectivity index (χ4n) is 2.38. The van der Waals surface area contributed by atoms with Gasteiger partial charge in [0, 0.05) is 12.5 Å².